The summed E-state index contributed by atoms with van der Waals surface area (Å²) in [6, 6.07) is 0. The number of alkyl halides is 1. The van der Waals surface area contributed by atoms with Gasteiger partial charge >= 0.3 is 0 Å². The summed E-state index contributed by atoms with van der Waals surface area (Å²) in [5.74, 6) is 0.557. The second-order valence-electron chi connectivity index (χ2n) is 2.91. The van der Waals surface area contributed by atoms with Crippen molar-refractivity contribution in [3.8, 4) is 0 Å². The molecule has 0 radical (unpaired) electrons. The summed E-state index contributed by atoms with van der Waals surface area (Å²) in [7, 11) is 0. The molecule has 0 fully saturated rings. The van der Waals surface area contributed by atoms with Crippen molar-refractivity contribution in [3.05, 3.63) is 17.7 Å². The highest BCUT2D eigenvalue weighted by atomic mass is 35.5. The topological polar surface area (TPSA) is 27.1 Å². The summed E-state index contributed by atoms with van der Waals surface area (Å²) < 4.78 is 7.36. The number of imidazole rings is 1. The number of ether oxygens (including phenoxy) is 1. The Balaban J connectivity index is 2.32. The van der Waals surface area contributed by atoms with Crippen molar-refractivity contribution in [2.24, 2.45) is 0 Å². The molecule has 4 heteroatoms. The predicted octanol–water partition coefficient (Wildman–Crippen LogP) is 1.76. The third-order valence-electron chi connectivity index (χ3n) is 2.04. The molecular formula is C9H15ClN2O. The molecule has 1 aromatic rings. The maximum absolute atomic E-state index is 5.47. The SMILES string of the molecule is Cc1ncn(CCOCCCl)c1C. The van der Waals surface area contributed by atoms with E-state index >= 15 is 0 Å². The van der Waals surface area contributed by atoms with Crippen LogP contribution in [0.25, 0.3) is 0 Å². The molecule has 0 atom stereocenters. The van der Waals surface area contributed by atoms with Crippen molar-refractivity contribution in [3.63, 3.8) is 0 Å². The lowest BCUT2D eigenvalue weighted by Crippen LogP contribution is -2.07. The van der Waals surface area contributed by atoms with Crippen LogP contribution in [0.15, 0.2) is 6.33 Å². The first-order valence-electron chi connectivity index (χ1n) is 4.37. The Kier molecular flexibility index (Phi) is 4.25. The van der Waals surface area contributed by atoms with Crippen molar-refractivity contribution < 1.29 is 4.74 Å². The van der Waals surface area contributed by atoms with Gasteiger partial charge in [0, 0.05) is 18.1 Å². The van der Waals surface area contributed by atoms with Crippen LogP contribution in [-0.4, -0.2) is 28.6 Å². The molecule has 0 saturated heterocycles. The van der Waals surface area contributed by atoms with E-state index in [1.54, 1.807) is 0 Å². The second-order valence-corrected chi connectivity index (χ2v) is 3.29. The lowest BCUT2D eigenvalue weighted by atomic mass is 10.4. The van der Waals surface area contributed by atoms with Crippen LogP contribution in [0.5, 0.6) is 0 Å². The molecular weight excluding hydrogens is 188 g/mol. The molecule has 0 unspecified atom stereocenters. The molecule has 0 aliphatic heterocycles. The minimum Gasteiger partial charge on any atom is -0.378 e. The highest BCUT2D eigenvalue weighted by Crippen LogP contribution is 2.03. The normalized spacial score (nSPS) is 10.7. The summed E-state index contributed by atoms with van der Waals surface area (Å²) in [6.45, 7) is 6.23. The van der Waals surface area contributed by atoms with Gasteiger partial charge in [-0.2, -0.15) is 0 Å². The second kappa shape index (κ2) is 5.25. The van der Waals surface area contributed by atoms with E-state index in [4.69, 9.17) is 16.3 Å². The van der Waals surface area contributed by atoms with Crippen LogP contribution in [0.1, 0.15) is 11.4 Å². The Morgan fingerprint density at radius 1 is 1.46 bits per heavy atom. The quantitative estimate of drug-likeness (QED) is 0.538. The summed E-state index contributed by atoms with van der Waals surface area (Å²) in [5.41, 5.74) is 2.28. The molecule has 1 aromatic heterocycles. The Labute approximate surface area is 83.7 Å². The largest absolute Gasteiger partial charge is 0.378 e. The van der Waals surface area contributed by atoms with Gasteiger partial charge in [-0.15, -0.1) is 11.6 Å². The standard InChI is InChI=1S/C9H15ClN2O/c1-8-9(2)12(7-11-8)4-6-13-5-3-10/h7H,3-6H2,1-2H3. The summed E-state index contributed by atoms with van der Waals surface area (Å²) in [4.78, 5) is 4.20. The highest BCUT2D eigenvalue weighted by Gasteiger charge is 2.00. The fraction of sp³-hybridized carbons (Fsp3) is 0.667. The minimum absolute atomic E-state index is 0.557. The summed E-state index contributed by atoms with van der Waals surface area (Å²) in [6.07, 6.45) is 1.84. The Hall–Kier alpha value is -0.540. The molecule has 3 nitrogen and oxygen atoms in total. The van der Waals surface area contributed by atoms with Crippen LogP contribution in [-0.2, 0) is 11.3 Å². The summed E-state index contributed by atoms with van der Waals surface area (Å²) >= 11 is 5.47. The van der Waals surface area contributed by atoms with Gasteiger partial charge in [0.25, 0.3) is 0 Å². The number of hydrogen-bond acceptors (Lipinski definition) is 2. The Bertz CT molecular complexity index is 260. The van der Waals surface area contributed by atoms with Gasteiger partial charge in [0.15, 0.2) is 0 Å². The lowest BCUT2D eigenvalue weighted by Gasteiger charge is -2.05. The molecule has 13 heavy (non-hydrogen) atoms. The van der Waals surface area contributed by atoms with E-state index in [2.05, 4.69) is 16.5 Å². The molecule has 1 rings (SSSR count). The third-order valence-corrected chi connectivity index (χ3v) is 2.20. The van der Waals surface area contributed by atoms with Crippen molar-refractivity contribution >= 4 is 11.6 Å². The molecule has 0 aromatic carbocycles. The first-order valence-corrected chi connectivity index (χ1v) is 4.91. The first-order chi connectivity index (χ1) is 6.25. The number of hydrogen-bond donors (Lipinski definition) is 0. The average molecular weight is 203 g/mol. The Morgan fingerprint density at radius 2 is 2.23 bits per heavy atom. The van der Waals surface area contributed by atoms with Gasteiger partial charge in [0.05, 0.1) is 25.2 Å². The highest BCUT2D eigenvalue weighted by molar-refractivity contribution is 6.17. The van der Waals surface area contributed by atoms with Gasteiger partial charge < -0.3 is 9.30 Å². The fourth-order valence-corrected chi connectivity index (χ4v) is 1.20. The van der Waals surface area contributed by atoms with E-state index in [1.807, 2.05) is 13.3 Å². The van der Waals surface area contributed by atoms with Gasteiger partial charge in [-0.1, -0.05) is 0 Å². The predicted molar refractivity (Wildman–Crippen MR) is 53.2 cm³/mol. The van der Waals surface area contributed by atoms with E-state index in [0.717, 1.165) is 12.2 Å². The minimum atomic E-state index is 0.557. The van der Waals surface area contributed by atoms with Crippen molar-refractivity contribution in [1.29, 1.82) is 0 Å². The maximum atomic E-state index is 5.47. The van der Waals surface area contributed by atoms with Crippen LogP contribution in [0.3, 0.4) is 0 Å². The molecule has 0 aliphatic rings. The van der Waals surface area contributed by atoms with E-state index in [1.165, 1.54) is 5.69 Å². The van der Waals surface area contributed by atoms with Crippen LogP contribution < -0.4 is 0 Å². The van der Waals surface area contributed by atoms with Crippen LogP contribution in [0.4, 0.5) is 0 Å². The van der Waals surface area contributed by atoms with Crippen molar-refractivity contribution in [2.75, 3.05) is 19.1 Å². The lowest BCUT2D eigenvalue weighted by molar-refractivity contribution is 0.140. The average Bonchev–Trinajstić information content (AvgIpc) is 2.43. The van der Waals surface area contributed by atoms with E-state index in [-0.39, 0.29) is 0 Å². The van der Waals surface area contributed by atoms with Crippen LogP contribution in [0.2, 0.25) is 0 Å². The monoisotopic (exact) mass is 202 g/mol. The van der Waals surface area contributed by atoms with E-state index < -0.39 is 0 Å². The van der Waals surface area contributed by atoms with Crippen molar-refractivity contribution in [1.82, 2.24) is 9.55 Å². The number of nitrogens with zero attached hydrogens (tertiary/aromatic N) is 2. The Morgan fingerprint density at radius 3 is 2.77 bits per heavy atom. The zero-order chi connectivity index (χ0) is 9.68. The number of aromatic nitrogens is 2. The molecule has 0 saturated carbocycles. The number of halogens is 1. The molecule has 74 valence electrons. The van der Waals surface area contributed by atoms with Gasteiger partial charge in [0.1, 0.15) is 0 Å². The number of rotatable bonds is 5. The smallest absolute Gasteiger partial charge is 0.0952 e. The molecule has 0 amide bonds. The van der Waals surface area contributed by atoms with E-state index in [0.29, 0.717) is 19.1 Å². The maximum Gasteiger partial charge on any atom is 0.0952 e. The van der Waals surface area contributed by atoms with Crippen LogP contribution in [0, 0.1) is 13.8 Å². The zero-order valence-electron chi connectivity index (χ0n) is 8.09. The van der Waals surface area contributed by atoms with Gasteiger partial charge in [-0.25, -0.2) is 4.98 Å². The molecule has 0 aliphatic carbocycles. The van der Waals surface area contributed by atoms with Crippen LogP contribution >= 0.6 is 11.6 Å². The fourth-order valence-electron chi connectivity index (χ4n) is 1.09. The molecule has 0 N–H and O–H groups in total. The zero-order valence-corrected chi connectivity index (χ0v) is 8.84. The first kappa shape index (κ1) is 10.5. The third kappa shape index (κ3) is 3.01. The van der Waals surface area contributed by atoms with Crippen molar-refractivity contribution in [2.45, 2.75) is 20.4 Å². The van der Waals surface area contributed by atoms with Gasteiger partial charge in [-0.05, 0) is 13.8 Å². The van der Waals surface area contributed by atoms with E-state index in [9.17, 15) is 0 Å². The molecule has 1 heterocycles. The van der Waals surface area contributed by atoms with Gasteiger partial charge in [-0.3, -0.25) is 0 Å². The molecule has 0 bridgehead atoms. The summed E-state index contributed by atoms with van der Waals surface area (Å²) in [5, 5.41) is 0. The molecule has 0 spiro atoms. The number of aryl methyl sites for hydroxylation is 1. The van der Waals surface area contributed by atoms with Gasteiger partial charge in [0.2, 0.25) is 0 Å².